The molecule has 1 atom stereocenters. The zero-order chi connectivity index (χ0) is 16.1. The van der Waals surface area contributed by atoms with Gasteiger partial charge in [0.15, 0.2) is 11.6 Å². The monoisotopic (exact) mass is 310 g/mol. The van der Waals surface area contributed by atoms with Crippen LogP contribution in [0.25, 0.3) is 0 Å². The minimum atomic E-state index is -0.996. The Labute approximate surface area is 130 Å². The van der Waals surface area contributed by atoms with Gasteiger partial charge in [-0.25, -0.2) is 8.78 Å². The van der Waals surface area contributed by atoms with E-state index in [0.717, 1.165) is 25.2 Å². The molecule has 0 spiro atoms. The van der Waals surface area contributed by atoms with Crippen LogP contribution in [0.1, 0.15) is 43.5 Å². The van der Waals surface area contributed by atoms with E-state index >= 15 is 0 Å². The molecule has 5 heteroatoms. The second-order valence-electron chi connectivity index (χ2n) is 6.25. The van der Waals surface area contributed by atoms with Crippen LogP contribution in [0.15, 0.2) is 18.2 Å². The van der Waals surface area contributed by atoms with E-state index in [1.807, 2.05) is 0 Å². The first kappa shape index (κ1) is 16.9. The number of nitrogens with zero attached hydrogens (tertiary/aromatic N) is 1. The fourth-order valence-electron chi connectivity index (χ4n) is 2.97. The van der Waals surface area contributed by atoms with Gasteiger partial charge in [0, 0.05) is 18.2 Å². The van der Waals surface area contributed by atoms with Crippen LogP contribution < -0.4 is 5.32 Å². The summed E-state index contributed by atoms with van der Waals surface area (Å²) in [5.74, 6) is -1.88. The van der Waals surface area contributed by atoms with Crippen molar-refractivity contribution in [3.05, 3.63) is 35.4 Å². The number of likely N-dealkylation sites (tertiary alicyclic amines) is 1. The highest BCUT2D eigenvalue weighted by molar-refractivity contribution is 5.94. The molecule has 0 aromatic heterocycles. The molecule has 3 nitrogen and oxygen atoms in total. The Kier molecular flexibility index (Phi) is 5.89. The quantitative estimate of drug-likeness (QED) is 0.906. The predicted molar refractivity (Wildman–Crippen MR) is 82.7 cm³/mol. The van der Waals surface area contributed by atoms with E-state index < -0.39 is 11.6 Å². The number of rotatable bonds is 5. The molecule has 1 aromatic carbocycles. The molecule has 22 heavy (non-hydrogen) atoms. The lowest BCUT2D eigenvalue weighted by Gasteiger charge is -2.37. The molecule has 1 unspecified atom stereocenters. The summed E-state index contributed by atoms with van der Waals surface area (Å²) in [7, 11) is 0. The summed E-state index contributed by atoms with van der Waals surface area (Å²) in [5, 5.41) is 2.85. The number of piperidine rings is 1. The van der Waals surface area contributed by atoms with Crippen LogP contribution in [0.2, 0.25) is 0 Å². The van der Waals surface area contributed by atoms with Gasteiger partial charge >= 0.3 is 0 Å². The van der Waals surface area contributed by atoms with E-state index in [1.165, 1.54) is 25.3 Å². The van der Waals surface area contributed by atoms with Crippen molar-refractivity contribution in [1.29, 1.82) is 0 Å². The number of halogens is 2. The Morgan fingerprint density at radius 2 is 1.86 bits per heavy atom. The molecule has 1 amide bonds. The summed E-state index contributed by atoms with van der Waals surface area (Å²) in [6.45, 7) is 6.93. The second kappa shape index (κ2) is 7.68. The van der Waals surface area contributed by atoms with Crippen molar-refractivity contribution < 1.29 is 13.6 Å². The van der Waals surface area contributed by atoms with Gasteiger partial charge in [0.05, 0.1) is 0 Å². The largest absolute Gasteiger partial charge is 0.350 e. The molecule has 1 aliphatic rings. The maximum absolute atomic E-state index is 13.2. The first-order valence-corrected chi connectivity index (χ1v) is 7.96. The first-order chi connectivity index (χ1) is 10.5. The lowest BCUT2D eigenvalue weighted by Crippen LogP contribution is -2.48. The highest BCUT2D eigenvalue weighted by Crippen LogP contribution is 2.17. The molecule has 0 bridgehead atoms. The zero-order valence-corrected chi connectivity index (χ0v) is 13.2. The summed E-state index contributed by atoms with van der Waals surface area (Å²) < 4.78 is 26.1. The van der Waals surface area contributed by atoms with Gasteiger partial charge < -0.3 is 5.32 Å². The molecule has 122 valence electrons. The fraction of sp³-hybridized carbons (Fsp3) is 0.588. The summed E-state index contributed by atoms with van der Waals surface area (Å²) in [6, 6.07) is 3.50. The lowest BCUT2D eigenvalue weighted by molar-refractivity contribution is 0.0895. The van der Waals surface area contributed by atoms with Gasteiger partial charge in [-0.2, -0.15) is 0 Å². The summed E-state index contributed by atoms with van der Waals surface area (Å²) >= 11 is 0. The summed E-state index contributed by atoms with van der Waals surface area (Å²) in [6.07, 6.45) is 3.66. The van der Waals surface area contributed by atoms with Gasteiger partial charge in [-0.1, -0.05) is 20.3 Å². The van der Waals surface area contributed by atoms with Crippen molar-refractivity contribution in [2.45, 2.75) is 39.2 Å². The molecule has 1 fully saturated rings. The number of carbonyl (C=O) groups is 1. The summed E-state index contributed by atoms with van der Waals surface area (Å²) in [5.41, 5.74) is 0.153. The Morgan fingerprint density at radius 1 is 1.18 bits per heavy atom. The molecule has 1 aliphatic heterocycles. The lowest BCUT2D eigenvalue weighted by atomic mass is 9.99. The molecule has 0 radical (unpaired) electrons. The van der Waals surface area contributed by atoms with E-state index in [9.17, 15) is 13.6 Å². The molecule has 2 rings (SSSR count). The molecule has 1 N–H and O–H groups in total. The van der Waals surface area contributed by atoms with Gasteiger partial charge in [0.1, 0.15) is 0 Å². The topological polar surface area (TPSA) is 32.3 Å². The van der Waals surface area contributed by atoms with Crippen molar-refractivity contribution in [3.8, 4) is 0 Å². The maximum atomic E-state index is 13.2. The number of amides is 1. The fourth-order valence-corrected chi connectivity index (χ4v) is 2.97. The van der Waals surface area contributed by atoms with E-state index in [-0.39, 0.29) is 17.5 Å². The minimum absolute atomic E-state index is 0.153. The van der Waals surface area contributed by atoms with E-state index in [0.29, 0.717) is 12.5 Å². The molecule has 1 heterocycles. The Morgan fingerprint density at radius 3 is 2.45 bits per heavy atom. The van der Waals surface area contributed by atoms with Crippen LogP contribution in [0.3, 0.4) is 0 Å². The number of hydrogen-bond donors (Lipinski definition) is 1. The van der Waals surface area contributed by atoms with Crippen LogP contribution in [0.4, 0.5) is 8.78 Å². The molecule has 1 saturated heterocycles. The average molecular weight is 310 g/mol. The van der Waals surface area contributed by atoms with E-state index in [1.54, 1.807) is 0 Å². The van der Waals surface area contributed by atoms with Crippen molar-refractivity contribution >= 4 is 5.91 Å². The highest BCUT2D eigenvalue weighted by Gasteiger charge is 2.24. The van der Waals surface area contributed by atoms with Crippen molar-refractivity contribution in [2.75, 3.05) is 19.6 Å². The number of hydrogen-bond acceptors (Lipinski definition) is 2. The van der Waals surface area contributed by atoms with Gasteiger partial charge in [-0.15, -0.1) is 0 Å². The minimum Gasteiger partial charge on any atom is -0.350 e. The average Bonchev–Trinajstić information content (AvgIpc) is 2.50. The SMILES string of the molecule is CC(C)C(CNC(=O)c1ccc(F)c(F)c1)N1CCCCC1. The first-order valence-electron chi connectivity index (χ1n) is 7.96. The molecular formula is C17H24F2N2O. The molecule has 0 aliphatic carbocycles. The maximum Gasteiger partial charge on any atom is 0.251 e. The second-order valence-corrected chi connectivity index (χ2v) is 6.25. The smallest absolute Gasteiger partial charge is 0.251 e. The van der Waals surface area contributed by atoms with Crippen LogP contribution in [0.5, 0.6) is 0 Å². The third kappa shape index (κ3) is 4.26. The number of nitrogens with one attached hydrogen (secondary N) is 1. The van der Waals surface area contributed by atoms with Crippen LogP contribution >= 0.6 is 0 Å². The van der Waals surface area contributed by atoms with Gasteiger partial charge in [0.2, 0.25) is 0 Å². The van der Waals surface area contributed by atoms with E-state index in [4.69, 9.17) is 0 Å². The van der Waals surface area contributed by atoms with Crippen molar-refractivity contribution in [1.82, 2.24) is 10.2 Å². The normalized spacial score (nSPS) is 17.5. The third-order valence-corrected chi connectivity index (χ3v) is 4.28. The predicted octanol–water partition coefficient (Wildman–Crippen LogP) is 3.21. The number of carbonyl (C=O) groups excluding carboxylic acids is 1. The molecule has 0 saturated carbocycles. The molecular weight excluding hydrogens is 286 g/mol. The number of benzene rings is 1. The molecule has 1 aromatic rings. The third-order valence-electron chi connectivity index (χ3n) is 4.28. The highest BCUT2D eigenvalue weighted by atomic mass is 19.2. The van der Waals surface area contributed by atoms with Crippen molar-refractivity contribution in [3.63, 3.8) is 0 Å². The van der Waals surface area contributed by atoms with Crippen LogP contribution in [-0.4, -0.2) is 36.5 Å². The van der Waals surface area contributed by atoms with Crippen LogP contribution in [0, 0.1) is 17.6 Å². The van der Waals surface area contributed by atoms with Gasteiger partial charge in [0.25, 0.3) is 5.91 Å². The van der Waals surface area contributed by atoms with Gasteiger partial charge in [-0.05, 0) is 50.0 Å². The standard InChI is InChI=1S/C17H24F2N2O/c1-12(2)16(21-8-4-3-5-9-21)11-20-17(22)13-6-7-14(18)15(19)10-13/h6-7,10,12,16H,3-5,8-9,11H2,1-2H3,(H,20,22). The van der Waals surface area contributed by atoms with Gasteiger partial charge in [-0.3, -0.25) is 9.69 Å². The Hall–Kier alpha value is -1.49. The van der Waals surface area contributed by atoms with Crippen LogP contribution in [-0.2, 0) is 0 Å². The summed E-state index contributed by atoms with van der Waals surface area (Å²) in [4.78, 5) is 14.5. The zero-order valence-electron chi connectivity index (χ0n) is 13.2. The Bertz CT molecular complexity index is 513. The van der Waals surface area contributed by atoms with E-state index in [2.05, 4.69) is 24.1 Å². The van der Waals surface area contributed by atoms with Crippen molar-refractivity contribution in [2.24, 2.45) is 5.92 Å². The Balaban J connectivity index is 1.96.